The lowest BCUT2D eigenvalue weighted by atomic mass is 10.1. The number of nitrogens with zero attached hydrogens (tertiary/aromatic N) is 1. The average Bonchev–Trinajstić information content (AvgIpc) is 2.18. The summed E-state index contributed by atoms with van der Waals surface area (Å²) in [6, 6.07) is 8.14. The third kappa shape index (κ3) is 1.68. The molecule has 1 N–H and O–H groups in total. The fourth-order valence-electron chi connectivity index (χ4n) is 1.42. The van der Waals surface area contributed by atoms with Gasteiger partial charge in [-0.2, -0.15) is 0 Å². The first kappa shape index (κ1) is 8.20. The van der Waals surface area contributed by atoms with Crippen molar-refractivity contribution in [1.29, 1.82) is 0 Å². The first-order chi connectivity index (χ1) is 6.40. The maximum Gasteiger partial charge on any atom is 0.0471 e. The predicted molar refractivity (Wildman–Crippen MR) is 52.5 cm³/mol. The van der Waals surface area contributed by atoms with Crippen molar-refractivity contribution in [3.8, 4) is 0 Å². The molecular formula is C11H11NO. The van der Waals surface area contributed by atoms with Crippen molar-refractivity contribution in [2.24, 2.45) is 0 Å². The quantitative estimate of drug-likeness (QED) is 0.750. The van der Waals surface area contributed by atoms with Gasteiger partial charge in [-0.25, -0.2) is 0 Å². The Balaban J connectivity index is 2.49. The SMILES string of the molecule is OCCc1ccc2cnccc2c1. The Morgan fingerprint density at radius 2 is 2.08 bits per heavy atom. The van der Waals surface area contributed by atoms with E-state index in [1.165, 1.54) is 10.9 Å². The van der Waals surface area contributed by atoms with Gasteiger partial charge in [-0.3, -0.25) is 4.98 Å². The molecule has 0 aliphatic carbocycles. The van der Waals surface area contributed by atoms with Crippen LogP contribution < -0.4 is 0 Å². The van der Waals surface area contributed by atoms with E-state index in [0.717, 1.165) is 11.8 Å². The van der Waals surface area contributed by atoms with E-state index in [9.17, 15) is 0 Å². The number of rotatable bonds is 2. The minimum atomic E-state index is 0.205. The molecule has 1 heterocycles. The molecule has 0 amide bonds. The molecule has 0 atom stereocenters. The van der Waals surface area contributed by atoms with E-state index in [0.29, 0.717) is 0 Å². The molecule has 2 aromatic rings. The molecule has 2 heteroatoms. The van der Waals surface area contributed by atoms with Crippen molar-refractivity contribution in [1.82, 2.24) is 4.98 Å². The Morgan fingerprint density at radius 3 is 2.92 bits per heavy atom. The topological polar surface area (TPSA) is 33.1 Å². The molecule has 13 heavy (non-hydrogen) atoms. The lowest BCUT2D eigenvalue weighted by molar-refractivity contribution is 0.299. The molecule has 0 bridgehead atoms. The third-order valence-corrected chi connectivity index (χ3v) is 2.11. The molecule has 2 rings (SSSR count). The number of aliphatic hydroxyl groups is 1. The van der Waals surface area contributed by atoms with E-state index in [1.807, 2.05) is 24.4 Å². The second kappa shape index (κ2) is 3.54. The molecule has 0 radical (unpaired) electrons. The van der Waals surface area contributed by atoms with E-state index >= 15 is 0 Å². The Labute approximate surface area is 76.9 Å². The number of benzene rings is 1. The van der Waals surface area contributed by atoms with Crippen LogP contribution in [-0.4, -0.2) is 16.7 Å². The highest BCUT2D eigenvalue weighted by Gasteiger charge is 1.94. The van der Waals surface area contributed by atoms with Crippen molar-refractivity contribution in [3.05, 3.63) is 42.2 Å². The van der Waals surface area contributed by atoms with E-state index < -0.39 is 0 Å². The number of aromatic nitrogens is 1. The van der Waals surface area contributed by atoms with Crippen LogP contribution in [0.5, 0.6) is 0 Å². The Kier molecular flexibility index (Phi) is 2.23. The van der Waals surface area contributed by atoms with Crippen LogP contribution in [0.15, 0.2) is 36.7 Å². The first-order valence-electron chi connectivity index (χ1n) is 4.33. The summed E-state index contributed by atoms with van der Waals surface area (Å²) < 4.78 is 0. The zero-order valence-corrected chi connectivity index (χ0v) is 7.27. The van der Waals surface area contributed by atoms with Gasteiger partial charge in [0, 0.05) is 24.4 Å². The van der Waals surface area contributed by atoms with Gasteiger partial charge in [0.2, 0.25) is 0 Å². The number of hydrogen-bond acceptors (Lipinski definition) is 2. The van der Waals surface area contributed by atoms with Crippen molar-refractivity contribution < 1.29 is 5.11 Å². The van der Waals surface area contributed by atoms with E-state index in [2.05, 4.69) is 11.1 Å². The summed E-state index contributed by atoms with van der Waals surface area (Å²) in [6.45, 7) is 0.205. The summed E-state index contributed by atoms with van der Waals surface area (Å²) in [5.41, 5.74) is 1.17. The van der Waals surface area contributed by atoms with Crippen LogP contribution in [0.25, 0.3) is 10.8 Å². The molecule has 0 unspecified atom stereocenters. The van der Waals surface area contributed by atoms with Crippen LogP contribution in [0.3, 0.4) is 0 Å². The lowest BCUT2D eigenvalue weighted by Crippen LogP contribution is -1.89. The van der Waals surface area contributed by atoms with Crippen molar-refractivity contribution in [3.63, 3.8) is 0 Å². The van der Waals surface area contributed by atoms with Gasteiger partial charge in [0.15, 0.2) is 0 Å². The van der Waals surface area contributed by atoms with Crippen LogP contribution in [0.2, 0.25) is 0 Å². The Morgan fingerprint density at radius 1 is 1.15 bits per heavy atom. The van der Waals surface area contributed by atoms with E-state index in [-0.39, 0.29) is 6.61 Å². The van der Waals surface area contributed by atoms with Crippen molar-refractivity contribution in [2.45, 2.75) is 6.42 Å². The summed E-state index contributed by atoms with van der Waals surface area (Å²) >= 11 is 0. The summed E-state index contributed by atoms with van der Waals surface area (Å²) in [5, 5.41) is 11.1. The Bertz CT molecular complexity index is 412. The maximum atomic E-state index is 8.78. The summed E-state index contributed by atoms with van der Waals surface area (Å²) in [5.74, 6) is 0. The molecule has 0 aliphatic rings. The van der Waals surface area contributed by atoms with Crippen LogP contribution in [0.4, 0.5) is 0 Å². The maximum absolute atomic E-state index is 8.78. The van der Waals surface area contributed by atoms with Gasteiger partial charge in [-0.05, 0) is 23.4 Å². The van der Waals surface area contributed by atoms with Crippen LogP contribution >= 0.6 is 0 Å². The van der Waals surface area contributed by atoms with Crippen molar-refractivity contribution >= 4 is 10.8 Å². The summed E-state index contributed by atoms with van der Waals surface area (Å²) in [6.07, 6.45) is 4.35. The highest BCUT2D eigenvalue weighted by atomic mass is 16.2. The molecule has 0 saturated heterocycles. The first-order valence-corrected chi connectivity index (χ1v) is 4.33. The Hall–Kier alpha value is -1.41. The molecule has 0 fully saturated rings. The summed E-state index contributed by atoms with van der Waals surface area (Å²) in [7, 11) is 0. The fourth-order valence-corrected chi connectivity index (χ4v) is 1.42. The van der Waals surface area contributed by atoms with Crippen LogP contribution in [-0.2, 0) is 6.42 Å². The van der Waals surface area contributed by atoms with E-state index in [1.54, 1.807) is 6.20 Å². The minimum absolute atomic E-state index is 0.205. The second-order valence-corrected chi connectivity index (χ2v) is 3.03. The molecule has 0 saturated carbocycles. The molecule has 2 nitrogen and oxygen atoms in total. The lowest BCUT2D eigenvalue weighted by Gasteiger charge is -2.00. The normalized spacial score (nSPS) is 10.5. The zero-order valence-electron chi connectivity index (χ0n) is 7.27. The van der Waals surface area contributed by atoms with Gasteiger partial charge in [-0.15, -0.1) is 0 Å². The molecule has 0 aliphatic heterocycles. The average molecular weight is 173 g/mol. The largest absolute Gasteiger partial charge is 0.396 e. The summed E-state index contributed by atoms with van der Waals surface area (Å²) in [4.78, 5) is 4.04. The number of aliphatic hydroxyl groups excluding tert-OH is 1. The van der Waals surface area contributed by atoms with Gasteiger partial charge in [0.1, 0.15) is 0 Å². The molecular weight excluding hydrogens is 162 g/mol. The predicted octanol–water partition coefficient (Wildman–Crippen LogP) is 1.77. The van der Waals surface area contributed by atoms with Gasteiger partial charge in [0.25, 0.3) is 0 Å². The molecule has 1 aromatic carbocycles. The van der Waals surface area contributed by atoms with E-state index in [4.69, 9.17) is 5.11 Å². The smallest absolute Gasteiger partial charge is 0.0471 e. The van der Waals surface area contributed by atoms with Gasteiger partial charge in [0.05, 0.1) is 0 Å². The number of hydrogen-bond donors (Lipinski definition) is 1. The minimum Gasteiger partial charge on any atom is -0.396 e. The van der Waals surface area contributed by atoms with Crippen molar-refractivity contribution in [2.75, 3.05) is 6.61 Å². The van der Waals surface area contributed by atoms with Gasteiger partial charge < -0.3 is 5.11 Å². The highest BCUT2D eigenvalue weighted by Crippen LogP contribution is 2.14. The van der Waals surface area contributed by atoms with Gasteiger partial charge in [-0.1, -0.05) is 18.2 Å². The number of pyridine rings is 1. The molecule has 1 aromatic heterocycles. The highest BCUT2D eigenvalue weighted by molar-refractivity contribution is 5.81. The fraction of sp³-hybridized carbons (Fsp3) is 0.182. The standard InChI is InChI=1S/C11H11NO/c13-6-4-9-1-2-11-8-12-5-3-10(11)7-9/h1-3,5,7-8,13H,4,6H2. The molecule has 66 valence electrons. The molecule has 0 spiro atoms. The monoisotopic (exact) mass is 173 g/mol. The van der Waals surface area contributed by atoms with Gasteiger partial charge >= 0.3 is 0 Å². The second-order valence-electron chi connectivity index (χ2n) is 3.03. The third-order valence-electron chi connectivity index (χ3n) is 2.11. The zero-order chi connectivity index (χ0) is 9.10. The van der Waals surface area contributed by atoms with Crippen LogP contribution in [0, 0.1) is 0 Å². The van der Waals surface area contributed by atoms with Crippen LogP contribution in [0.1, 0.15) is 5.56 Å². The number of fused-ring (bicyclic) bond motifs is 1.